The number of nitrogens with zero attached hydrogens (tertiary/aromatic N) is 2. The maximum absolute atomic E-state index is 13.0. The number of ether oxygens (including phenoxy) is 1. The predicted molar refractivity (Wildman–Crippen MR) is 116 cm³/mol. The van der Waals surface area contributed by atoms with Gasteiger partial charge in [0.15, 0.2) is 5.13 Å². The molecule has 0 atom stereocenters. The van der Waals surface area contributed by atoms with Crippen LogP contribution < -0.4 is 4.90 Å². The summed E-state index contributed by atoms with van der Waals surface area (Å²) in [5, 5.41) is 8.13. The van der Waals surface area contributed by atoms with Crippen LogP contribution in [0.25, 0.3) is 10.2 Å². The highest BCUT2D eigenvalue weighted by atomic mass is 32.1. The predicted octanol–water partition coefficient (Wildman–Crippen LogP) is 5.71. The zero-order valence-electron chi connectivity index (χ0n) is 16.9. The van der Waals surface area contributed by atoms with Crippen molar-refractivity contribution in [1.29, 1.82) is 5.41 Å². The van der Waals surface area contributed by atoms with Gasteiger partial charge < -0.3 is 15.0 Å². The van der Waals surface area contributed by atoms with Gasteiger partial charge in [-0.15, -0.1) is 0 Å². The molecule has 0 amide bonds. The lowest BCUT2D eigenvalue weighted by molar-refractivity contribution is -0.137. The molecule has 3 rings (SSSR count). The van der Waals surface area contributed by atoms with Crippen molar-refractivity contribution in [3.63, 3.8) is 0 Å². The van der Waals surface area contributed by atoms with E-state index < -0.39 is 11.7 Å². The zero-order chi connectivity index (χ0) is 21.7. The van der Waals surface area contributed by atoms with Gasteiger partial charge in [0.05, 0.1) is 15.8 Å². The molecule has 0 radical (unpaired) electrons. The van der Waals surface area contributed by atoms with Gasteiger partial charge in [0.25, 0.3) is 0 Å². The molecule has 8 heteroatoms. The fourth-order valence-electron chi connectivity index (χ4n) is 3.25. The monoisotopic (exact) mass is 435 g/mol. The minimum Gasteiger partial charge on any atom is -0.385 e. The van der Waals surface area contributed by atoms with Gasteiger partial charge in [0.2, 0.25) is 0 Å². The van der Waals surface area contributed by atoms with Crippen LogP contribution in [0.2, 0.25) is 0 Å². The van der Waals surface area contributed by atoms with Gasteiger partial charge in [-0.1, -0.05) is 29.5 Å². The van der Waals surface area contributed by atoms with Crippen LogP contribution in [0.4, 0.5) is 18.3 Å². The molecule has 160 valence electrons. The molecule has 0 spiro atoms. The van der Waals surface area contributed by atoms with Crippen LogP contribution in [0.15, 0.2) is 36.4 Å². The van der Waals surface area contributed by atoms with Gasteiger partial charge in [-0.3, -0.25) is 0 Å². The summed E-state index contributed by atoms with van der Waals surface area (Å²) in [6, 6.07) is 9.70. The molecule has 1 N–H and O–H groups in total. The Balaban J connectivity index is 1.82. The third-order valence-corrected chi connectivity index (χ3v) is 5.99. The molecule has 0 fully saturated rings. The molecule has 0 unspecified atom stereocenters. The van der Waals surface area contributed by atoms with E-state index in [9.17, 15) is 13.2 Å². The summed E-state index contributed by atoms with van der Waals surface area (Å²) in [6.07, 6.45) is -1.45. The number of aryl methyl sites for hydroxylation is 1. The number of fused-ring (bicyclic) bond motifs is 1. The molecule has 1 aromatic heterocycles. The molecule has 0 aliphatic carbocycles. The Bertz CT molecular complexity index is 1020. The SMILES string of the molecule is COCCCN(CCc1ccc(C=N)c(C)c1)c1nc2ccc(C(F)(F)F)cc2s1. The van der Waals surface area contributed by atoms with E-state index in [0.717, 1.165) is 35.6 Å². The summed E-state index contributed by atoms with van der Waals surface area (Å²) >= 11 is 1.28. The number of hydrogen-bond donors (Lipinski definition) is 1. The number of nitrogens with one attached hydrogen (secondary N) is 1. The second-order valence-electron chi connectivity index (χ2n) is 7.10. The van der Waals surface area contributed by atoms with Crippen molar-refractivity contribution < 1.29 is 17.9 Å². The average Bonchev–Trinajstić information content (AvgIpc) is 3.13. The Morgan fingerprint density at radius 2 is 1.97 bits per heavy atom. The topological polar surface area (TPSA) is 49.2 Å². The number of methoxy groups -OCH3 is 1. The van der Waals surface area contributed by atoms with Crippen LogP contribution in [0.5, 0.6) is 0 Å². The molecule has 0 aliphatic heterocycles. The average molecular weight is 436 g/mol. The molecule has 0 bridgehead atoms. The van der Waals surface area contributed by atoms with Crippen LogP contribution in [0.3, 0.4) is 0 Å². The lowest BCUT2D eigenvalue weighted by Gasteiger charge is -2.22. The van der Waals surface area contributed by atoms with E-state index in [0.29, 0.717) is 35.0 Å². The highest BCUT2D eigenvalue weighted by Gasteiger charge is 2.30. The van der Waals surface area contributed by atoms with Crippen LogP contribution in [-0.2, 0) is 17.3 Å². The van der Waals surface area contributed by atoms with E-state index in [-0.39, 0.29) is 0 Å². The van der Waals surface area contributed by atoms with Crippen LogP contribution in [0.1, 0.15) is 28.7 Å². The van der Waals surface area contributed by atoms with Crippen molar-refractivity contribution in [3.05, 3.63) is 58.7 Å². The number of benzene rings is 2. The molecular weight excluding hydrogens is 411 g/mol. The van der Waals surface area contributed by atoms with E-state index in [1.54, 1.807) is 7.11 Å². The van der Waals surface area contributed by atoms with Gasteiger partial charge in [0.1, 0.15) is 0 Å². The molecule has 3 aromatic rings. The number of hydrogen-bond acceptors (Lipinski definition) is 5. The number of thiazole rings is 1. The van der Waals surface area contributed by atoms with Crippen molar-refractivity contribution >= 4 is 32.9 Å². The minimum absolute atomic E-state index is 0.530. The first kappa shape index (κ1) is 22.2. The fourth-order valence-corrected chi connectivity index (χ4v) is 4.30. The Kier molecular flexibility index (Phi) is 7.10. The highest BCUT2D eigenvalue weighted by Crippen LogP contribution is 2.35. The van der Waals surface area contributed by atoms with Crippen molar-refractivity contribution in [1.82, 2.24) is 4.98 Å². The van der Waals surface area contributed by atoms with Gasteiger partial charge in [-0.25, -0.2) is 4.98 Å². The summed E-state index contributed by atoms with van der Waals surface area (Å²) in [5.74, 6) is 0. The third-order valence-electron chi connectivity index (χ3n) is 4.91. The Labute approximate surface area is 177 Å². The number of rotatable bonds is 9. The molecule has 1 heterocycles. The van der Waals surface area contributed by atoms with Crippen LogP contribution >= 0.6 is 11.3 Å². The molecule has 30 heavy (non-hydrogen) atoms. The third kappa shape index (κ3) is 5.37. The zero-order valence-corrected chi connectivity index (χ0v) is 17.7. The number of alkyl halides is 3. The van der Waals surface area contributed by atoms with E-state index >= 15 is 0 Å². The largest absolute Gasteiger partial charge is 0.416 e. The second-order valence-corrected chi connectivity index (χ2v) is 8.10. The van der Waals surface area contributed by atoms with Crippen LogP contribution in [-0.4, -0.2) is 38.0 Å². The standard InChI is InChI=1S/C22H24F3N3OS/c1-15-12-16(4-5-17(15)14-26)8-10-28(9-3-11-29-2)21-27-19-7-6-18(22(23,24)25)13-20(19)30-21/h4-7,12-14,26H,3,8-11H2,1-2H3. The first-order valence-electron chi connectivity index (χ1n) is 9.63. The summed E-state index contributed by atoms with van der Waals surface area (Å²) in [7, 11) is 1.65. The smallest absolute Gasteiger partial charge is 0.385 e. The second kappa shape index (κ2) is 9.57. The van der Waals surface area contributed by atoms with E-state index in [2.05, 4.69) is 16.0 Å². The highest BCUT2D eigenvalue weighted by molar-refractivity contribution is 7.22. The Morgan fingerprint density at radius 3 is 2.63 bits per heavy atom. The van der Waals surface area contributed by atoms with Gasteiger partial charge in [-0.05, 0) is 54.7 Å². The van der Waals surface area contributed by atoms with Crippen molar-refractivity contribution in [2.45, 2.75) is 25.9 Å². The molecular formula is C22H24F3N3OS. The van der Waals surface area contributed by atoms with Gasteiger partial charge in [0, 0.05) is 33.0 Å². The van der Waals surface area contributed by atoms with Crippen molar-refractivity contribution in [3.8, 4) is 0 Å². The van der Waals surface area contributed by atoms with Crippen molar-refractivity contribution in [2.24, 2.45) is 0 Å². The van der Waals surface area contributed by atoms with Crippen LogP contribution in [0, 0.1) is 12.3 Å². The van der Waals surface area contributed by atoms with E-state index in [1.165, 1.54) is 29.7 Å². The maximum Gasteiger partial charge on any atom is 0.416 e. The molecule has 0 saturated carbocycles. The molecule has 0 aliphatic rings. The number of anilines is 1. The first-order chi connectivity index (χ1) is 14.3. The number of halogens is 3. The lowest BCUT2D eigenvalue weighted by atomic mass is 10.0. The first-order valence-corrected chi connectivity index (χ1v) is 10.4. The maximum atomic E-state index is 13.0. The normalized spacial score (nSPS) is 11.8. The van der Waals surface area contributed by atoms with E-state index in [4.69, 9.17) is 10.1 Å². The quantitative estimate of drug-likeness (QED) is 0.346. The summed E-state index contributed by atoms with van der Waals surface area (Å²) in [6.45, 7) is 3.98. The molecule has 2 aromatic carbocycles. The summed E-state index contributed by atoms with van der Waals surface area (Å²) in [4.78, 5) is 6.69. The lowest BCUT2D eigenvalue weighted by Crippen LogP contribution is -2.27. The Hall–Kier alpha value is -2.45. The molecule has 0 saturated heterocycles. The fraction of sp³-hybridized carbons (Fsp3) is 0.364. The van der Waals surface area contributed by atoms with Crippen molar-refractivity contribution in [2.75, 3.05) is 31.7 Å². The summed E-state index contributed by atoms with van der Waals surface area (Å²) in [5.41, 5.74) is 3.01. The van der Waals surface area contributed by atoms with E-state index in [1.807, 2.05) is 19.1 Å². The molecule has 4 nitrogen and oxygen atoms in total. The Morgan fingerprint density at radius 1 is 1.17 bits per heavy atom. The van der Waals surface area contributed by atoms with Gasteiger partial charge >= 0.3 is 6.18 Å². The summed E-state index contributed by atoms with van der Waals surface area (Å²) < 4.78 is 44.8. The minimum atomic E-state index is -4.36. The number of aromatic nitrogens is 1. The van der Waals surface area contributed by atoms with Gasteiger partial charge in [-0.2, -0.15) is 13.2 Å².